The molecule has 0 fully saturated rings. The molecule has 1 aromatic heterocycles. The van der Waals surface area contributed by atoms with Crippen molar-refractivity contribution in [1.29, 1.82) is 0 Å². The first kappa shape index (κ1) is 10.5. The van der Waals surface area contributed by atoms with Crippen molar-refractivity contribution in [3.05, 3.63) is 65.7 Å². The smallest absolute Gasteiger partial charge is 0.00596 e. The van der Waals surface area contributed by atoms with Crippen LogP contribution in [-0.2, 0) is 0 Å². The molecule has 0 atom stereocenters. The molecule has 0 aliphatic carbocycles. The maximum Gasteiger partial charge on any atom is -0.00596 e. The molecule has 17 heavy (non-hydrogen) atoms. The molecule has 3 rings (SSSR count). The summed E-state index contributed by atoms with van der Waals surface area (Å²) >= 11 is 0. The Balaban J connectivity index is 2.30. The molecule has 0 nitrogen and oxygen atoms in total. The van der Waals surface area contributed by atoms with Crippen molar-refractivity contribution in [2.75, 3.05) is 0 Å². The summed E-state index contributed by atoms with van der Waals surface area (Å²) in [5.74, 6) is 4.55. The predicted octanol–water partition coefficient (Wildman–Crippen LogP) is 5.40. The van der Waals surface area contributed by atoms with Gasteiger partial charge in [-0.3, -0.25) is 0 Å². The maximum absolute atomic E-state index is 2.29. The van der Waals surface area contributed by atoms with E-state index in [1.54, 1.807) is 0 Å². The summed E-state index contributed by atoms with van der Waals surface area (Å²) in [5, 5.41) is 2.69. The molecule has 1 heterocycles. The van der Waals surface area contributed by atoms with Crippen molar-refractivity contribution in [3.8, 4) is 11.1 Å². The second kappa shape index (κ2) is 4.31. The summed E-state index contributed by atoms with van der Waals surface area (Å²) in [6.07, 6.45) is 0. The lowest BCUT2D eigenvalue weighted by molar-refractivity contribution is 1.47. The van der Waals surface area contributed by atoms with Crippen LogP contribution in [0.4, 0.5) is 0 Å². The first-order valence-corrected chi connectivity index (χ1v) is 6.78. The van der Waals surface area contributed by atoms with Gasteiger partial charge in [0.15, 0.2) is 0 Å². The Bertz CT molecular complexity index is 666. The minimum atomic E-state index is 1.27. The molecule has 0 bridgehead atoms. The van der Waals surface area contributed by atoms with Crippen LogP contribution in [-0.4, -0.2) is 0 Å². The van der Waals surface area contributed by atoms with Crippen LogP contribution >= 0.6 is 8.19 Å². The van der Waals surface area contributed by atoms with E-state index >= 15 is 0 Å². The molecule has 0 aliphatic heterocycles. The fourth-order valence-corrected chi connectivity index (χ4v) is 3.06. The Morgan fingerprint density at radius 2 is 1.76 bits per heavy atom. The SMILES string of the molecule is Cc1cccc(-c2cpcc3ccccc23)c1. The van der Waals surface area contributed by atoms with Gasteiger partial charge in [-0.2, -0.15) is 0 Å². The Morgan fingerprint density at radius 1 is 0.882 bits per heavy atom. The number of hydrogen-bond donors (Lipinski definition) is 0. The number of aryl methyl sites for hydroxylation is 1. The molecule has 0 aliphatic rings. The van der Waals surface area contributed by atoms with Crippen molar-refractivity contribution < 1.29 is 0 Å². The van der Waals surface area contributed by atoms with Crippen molar-refractivity contribution in [2.24, 2.45) is 0 Å². The Morgan fingerprint density at radius 3 is 2.65 bits per heavy atom. The van der Waals surface area contributed by atoms with Gasteiger partial charge in [-0.15, -0.1) is 0 Å². The van der Waals surface area contributed by atoms with E-state index < -0.39 is 0 Å². The van der Waals surface area contributed by atoms with Crippen molar-refractivity contribution in [2.45, 2.75) is 6.92 Å². The summed E-state index contributed by atoms with van der Waals surface area (Å²) in [6, 6.07) is 17.3. The minimum absolute atomic E-state index is 1.27. The molecule has 3 aromatic rings. The summed E-state index contributed by atoms with van der Waals surface area (Å²) in [4.78, 5) is 0. The van der Waals surface area contributed by atoms with Gasteiger partial charge in [0.25, 0.3) is 0 Å². The highest BCUT2D eigenvalue weighted by molar-refractivity contribution is 7.29. The highest BCUT2D eigenvalue weighted by Crippen LogP contribution is 2.32. The lowest BCUT2D eigenvalue weighted by atomic mass is 10.0. The fourth-order valence-electron chi connectivity index (χ4n) is 2.16. The van der Waals surface area contributed by atoms with Gasteiger partial charge in [-0.05, 0) is 40.4 Å². The van der Waals surface area contributed by atoms with Gasteiger partial charge in [0.2, 0.25) is 0 Å². The van der Waals surface area contributed by atoms with E-state index in [-0.39, 0.29) is 0 Å². The van der Waals surface area contributed by atoms with Crippen LogP contribution in [0.3, 0.4) is 0 Å². The van der Waals surface area contributed by atoms with Crippen LogP contribution in [0.1, 0.15) is 5.56 Å². The fraction of sp³-hybridized carbons (Fsp3) is 0.0625. The maximum atomic E-state index is 2.29. The van der Waals surface area contributed by atoms with Crippen molar-refractivity contribution >= 4 is 19.0 Å². The zero-order valence-electron chi connectivity index (χ0n) is 9.72. The van der Waals surface area contributed by atoms with Gasteiger partial charge in [0.1, 0.15) is 0 Å². The van der Waals surface area contributed by atoms with Crippen LogP contribution in [0, 0.1) is 6.92 Å². The Labute approximate surface area is 103 Å². The van der Waals surface area contributed by atoms with Crippen LogP contribution in [0.15, 0.2) is 60.1 Å². The summed E-state index contributed by atoms with van der Waals surface area (Å²) in [5.41, 5.74) is 3.98. The molecular formula is C16H13P. The number of fused-ring (bicyclic) bond motifs is 1. The normalized spacial score (nSPS) is 11.1. The predicted molar refractivity (Wildman–Crippen MR) is 76.6 cm³/mol. The van der Waals surface area contributed by atoms with E-state index in [0.29, 0.717) is 0 Å². The van der Waals surface area contributed by atoms with Crippen LogP contribution in [0.25, 0.3) is 21.9 Å². The molecule has 0 saturated heterocycles. The van der Waals surface area contributed by atoms with Crippen molar-refractivity contribution in [1.82, 2.24) is 0 Å². The number of benzene rings is 2. The molecule has 0 amide bonds. The van der Waals surface area contributed by atoms with Gasteiger partial charge >= 0.3 is 0 Å². The Hall–Kier alpha value is -1.65. The Kier molecular flexibility index (Phi) is 2.66. The second-order valence-electron chi connectivity index (χ2n) is 4.28. The lowest BCUT2D eigenvalue weighted by Crippen LogP contribution is -1.80. The molecule has 0 spiro atoms. The minimum Gasteiger partial charge on any atom is -0.0752 e. The molecule has 0 saturated carbocycles. The van der Waals surface area contributed by atoms with E-state index in [0.717, 1.165) is 0 Å². The first-order chi connectivity index (χ1) is 8.34. The monoisotopic (exact) mass is 236 g/mol. The highest BCUT2D eigenvalue weighted by atomic mass is 31.0. The van der Waals surface area contributed by atoms with E-state index in [9.17, 15) is 0 Å². The van der Waals surface area contributed by atoms with Gasteiger partial charge in [-0.25, -0.2) is 0 Å². The highest BCUT2D eigenvalue weighted by Gasteiger charge is 2.02. The van der Waals surface area contributed by atoms with E-state index in [2.05, 4.69) is 67.1 Å². The number of hydrogen-bond acceptors (Lipinski definition) is 0. The molecule has 1 heteroatoms. The first-order valence-electron chi connectivity index (χ1n) is 5.74. The van der Waals surface area contributed by atoms with Gasteiger partial charge < -0.3 is 0 Å². The van der Waals surface area contributed by atoms with Gasteiger partial charge in [0, 0.05) is 0 Å². The van der Waals surface area contributed by atoms with Crippen molar-refractivity contribution in [3.63, 3.8) is 0 Å². The second-order valence-corrected chi connectivity index (χ2v) is 5.09. The molecule has 0 N–H and O–H groups in total. The zero-order valence-corrected chi connectivity index (χ0v) is 10.6. The summed E-state index contributed by atoms with van der Waals surface area (Å²) in [7, 11) is 1.27. The summed E-state index contributed by atoms with van der Waals surface area (Å²) < 4.78 is 0. The standard InChI is InChI=1S/C16H13P/c1-12-5-4-7-13(9-12)16-11-17-10-14-6-2-3-8-15(14)16/h2-11H,1H3. The molecule has 0 radical (unpaired) electrons. The van der Waals surface area contributed by atoms with Gasteiger partial charge in [-0.1, -0.05) is 62.3 Å². The molecule has 0 unspecified atom stereocenters. The average molecular weight is 236 g/mol. The van der Waals surface area contributed by atoms with E-state index in [4.69, 9.17) is 0 Å². The zero-order chi connectivity index (χ0) is 11.7. The molecule has 82 valence electrons. The molecular weight excluding hydrogens is 223 g/mol. The molecule has 2 aromatic carbocycles. The third kappa shape index (κ3) is 1.97. The lowest BCUT2D eigenvalue weighted by Gasteiger charge is -2.07. The quantitative estimate of drug-likeness (QED) is 0.531. The largest absolute Gasteiger partial charge is 0.0752 e. The summed E-state index contributed by atoms with van der Waals surface area (Å²) in [6.45, 7) is 2.14. The number of rotatable bonds is 1. The average Bonchev–Trinajstić information content (AvgIpc) is 2.38. The van der Waals surface area contributed by atoms with E-state index in [1.165, 1.54) is 35.7 Å². The van der Waals surface area contributed by atoms with Crippen LogP contribution < -0.4 is 0 Å². The van der Waals surface area contributed by atoms with Gasteiger partial charge in [0.05, 0.1) is 0 Å². The van der Waals surface area contributed by atoms with Crippen LogP contribution in [0.2, 0.25) is 0 Å². The van der Waals surface area contributed by atoms with E-state index in [1.807, 2.05) is 0 Å². The third-order valence-corrected chi connectivity index (χ3v) is 3.83. The third-order valence-electron chi connectivity index (χ3n) is 3.00. The van der Waals surface area contributed by atoms with Crippen LogP contribution in [0.5, 0.6) is 0 Å². The topological polar surface area (TPSA) is 0 Å².